The molecule has 10 heteroatoms. The van der Waals surface area contributed by atoms with Gasteiger partial charge >= 0.3 is 12.3 Å². The number of nitrogens with zero attached hydrogens (tertiary/aromatic N) is 4. The fraction of sp³-hybridized carbons (Fsp3) is 0.474. The monoisotopic (exact) mass is 409 g/mol. The van der Waals surface area contributed by atoms with Crippen LogP contribution in [0.3, 0.4) is 0 Å². The number of alkyl carbamates (subject to hydrolysis) is 1. The fourth-order valence-corrected chi connectivity index (χ4v) is 2.93. The minimum atomic E-state index is -4.60. The first-order valence-corrected chi connectivity index (χ1v) is 9.12. The number of alkyl halides is 3. The van der Waals surface area contributed by atoms with Gasteiger partial charge in [0, 0.05) is 37.1 Å². The zero-order chi connectivity index (χ0) is 21.2. The number of anilines is 1. The lowest BCUT2D eigenvalue weighted by Crippen LogP contribution is -2.40. The molecular formula is C19H22F3N5O2. The number of hydrogen-bond acceptors (Lipinski definition) is 6. The van der Waals surface area contributed by atoms with Crippen LogP contribution in [0.15, 0.2) is 30.6 Å². The average molecular weight is 409 g/mol. The molecule has 0 aliphatic carbocycles. The quantitative estimate of drug-likeness (QED) is 0.833. The van der Waals surface area contributed by atoms with Gasteiger partial charge in [0.15, 0.2) is 11.5 Å². The van der Waals surface area contributed by atoms with Gasteiger partial charge in [0.2, 0.25) is 0 Å². The third-order valence-electron chi connectivity index (χ3n) is 4.17. The molecule has 1 fully saturated rings. The minimum absolute atomic E-state index is 0.0271. The first-order valence-electron chi connectivity index (χ1n) is 9.12. The van der Waals surface area contributed by atoms with Gasteiger partial charge in [-0.25, -0.2) is 14.8 Å². The summed E-state index contributed by atoms with van der Waals surface area (Å²) < 4.78 is 45.3. The predicted octanol–water partition coefficient (Wildman–Crippen LogP) is 3.66. The summed E-state index contributed by atoms with van der Waals surface area (Å²) in [7, 11) is 0. The van der Waals surface area contributed by atoms with Crippen LogP contribution in [-0.4, -0.2) is 45.8 Å². The normalized spacial score (nSPS) is 17.3. The Labute approximate surface area is 166 Å². The van der Waals surface area contributed by atoms with Gasteiger partial charge in [-0.15, -0.1) is 0 Å². The molecule has 3 heterocycles. The molecule has 29 heavy (non-hydrogen) atoms. The van der Waals surface area contributed by atoms with Crippen molar-refractivity contribution in [2.45, 2.75) is 45.0 Å². The van der Waals surface area contributed by atoms with Crippen LogP contribution in [0.2, 0.25) is 0 Å². The molecule has 7 nitrogen and oxygen atoms in total. The summed E-state index contributed by atoms with van der Waals surface area (Å²) in [6, 6.07) is 3.78. The highest BCUT2D eigenvalue weighted by atomic mass is 19.4. The van der Waals surface area contributed by atoms with E-state index in [1.54, 1.807) is 37.8 Å². The van der Waals surface area contributed by atoms with Gasteiger partial charge in [-0.05, 0) is 39.3 Å². The van der Waals surface area contributed by atoms with Gasteiger partial charge < -0.3 is 15.0 Å². The maximum Gasteiger partial charge on any atom is 0.433 e. The molecule has 0 aromatic carbocycles. The third kappa shape index (κ3) is 5.55. The second kappa shape index (κ2) is 7.84. The second-order valence-electron chi connectivity index (χ2n) is 7.75. The Balaban J connectivity index is 1.81. The second-order valence-corrected chi connectivity index (χ2v) is 7.75. The van der Waals surface area contributed by atoms with E-state index in [0.717, 1.165) is 6.07 Å². The number of rotatable bonds is 3. The Bertz CT molecular complexity index is 868. The zero-order valence-electron chi connectivity index (χ0n) is 16.3. The number of carbonyl (C=O) groups is 1. The van der Waals surface area contributed by atoms with Crippen molar-refractivity contribution in [1.29, 1.82) is 0 Å². The summed E-state index contributed by atoms with van der Waals surface area (Å²) >= 11 is 0. The summed E-state index contributed by atoms with van der Waals surface area (Å²) in [5.74, 6) is 0.133. The van der Waals surface area contributed by atoms with E-state index >= 15 is 0 Å². The first-order chi connectivity index (χ1) is 13.5. The van der Waals surface area contributed by atoms with Gasteiger partial charge in [0.05, 0.1) is 6.04 Å². The largest absolute Gasteiger partial charge is 0.444 e. The molecule has 0 spiro atoms. The van der Waals surface area contributed by atoms with Gasteiger partial charge in [-0.1, -0.05) is 0 Å². The van der Waals surface area contributed by atoms with Crippen molar-refractivity contribution in [3.63, 3.8) is 0 Å². The van der Waals surface area contributed by atoms with Gasteiger partial charge in [0.25, 0.3) is 0 Å². The molecule has 1 amide bonds. The number of aromatic nitrogens is 3. The lowest BCUT2D eigenvalue weighted by atomic mass is 10.2. The number of nitrogens with one attached hydrogen (secondary N) is 1. The molecule has 1 aliphatic heterocycles. The van der Waals surface area contributed by atoms with E-state index in [2.05, 4.69) is 20.3 Å². The molecule has 0 unspecified atom stereocenters. The predicted molar refractivity (Wildman–Crippen MR) is 100 cm³/mol. The van der Waals surface area contributed by atoms with Crippen molar-refractivity contribution in [1.82, 2.24) is 20.3 Å². The van der Waals surface area contributed by atoms with E-state index in [0.29, 0.717) is 25.1 Å². The molecular weight excluding hydrogens is 387 g/mol. The topological polar surface area (TPSA) is 80.2 Å². The van der Waals surface area contributed by atoms with Crippen molar-refractivity contribution in [3.05, 3.63) is 36.3 Å². The smallest absolute Gasteiger partial charge is 0.433 e. The summed E-state index contributed by atoms with van der Waals surface area (Å²) in [4.78, 5) is 25.5. The van der Waals surface area contributed by atoms with E-state index in [9.17, 15) is 18.0 Å². The fourth-order valence-electron chi connectivity index (χ4n) is 2.93. The first kappa shape index (κ1) is 20.8. The van der Waals surface area contributed by atoms with Crippen molar-refractivity contribution in [3.8, 4) is 11.4 Å². The highest BCUT2D eigenvalue weighted by Crippen LogP contribution is 2.32. The maximum atomic E-state index is 13.4. The number of carbonyl (C=O) groups excluding carboxylic acids is 1. The Kier molecular flexibility index (Phi) is 5.63. The molecule has 0 radical (unpaired) electrons. The molecule has 1 atom stereocenters. The third-order valence-corrected chi connectivity index (χ3v) is 4.17. The minimum Gasteiger partial charge on any atom is -0.444 e. The van der Waals surface area contributed by atoms with Crippen molar-refractivity contribution < 1.29 is 22.7 Å². The number of amides is 1. The van der Waals surface area contributed by atoms with Crippen LogP contribution in [0.4, 0.5) is 23.8 Å². The molecule has 2 aromatic rings. The number of ether oxygens (including phenoxy) is 1. The molecule has 1 saturated heterocycles. The van der Waals surface area contributed by atoms with Crippen LogP contribution >= 0.6 is 0 Å². The summed E-state index contributed by atoms with van der Waals surface area (Å²) in [6.07, 6.45) is -1.66. The lowest BCUT2D eigenvalue weighted by Gasteiger charge is -2.22. The molecule has 156 valence electrons. The van der Waals surface area contributed by atoms with E-state index in [4.69, 9.17) is 4.74 Å². The van der Waals surface area contributed by atoms with Crippen LogP contribution in [0.25, 0.3) is 11.4 Å². The Hall–Kier alpha value is -2.91. The number of hydrogen-bond donors (Lipinski definition) is 1. The maximum absolute atomic E-state index is 13.4. The van der Waals surface area contributed by atoms with Crippen LogP contribution in [0, 0.1) is 0 Å². The van der Waals surface area contributed by atoms with Crippen LogP contribution in [-0.2, 0) is 10.9 Å². The molecule has 0 bridgehead atoms. The lowest BCUT2D eigenvalue weighted by molar-refractivity contribution is -0.141. The van der Waals surface area contributed by atoms with Crippen molar-refractivity contribution in [2.75, 3.05) is 18.0 Å². The van der Waals surface area contributed by atoms with Crippen LogP contribution in [0.1, 0.15) is 32.9 Å². The molecule has 1 aliphatic rings. The standard InChI is InChI=1S/C19H22F3N5O2/c1-18(2,3)29-17(28)24-13-6-9-27(11-13)15-10-14(19(20,21)22)25-16(26-15)12-4-7-23-8-5-12/h4-5,7-8,10,13H,6,9,11H2,1-3H3,(H,24,28)/t13-/m0/s1. The van der Waals surface area contributed by atoms with Gasteiger partial charge in [-0.2, -0.15) is 13.2 Å². The zero-order valence-corrected chi connectivity index (χ0v) is 16.3. The highest BCUT2D eigenvalue weighted by molar-refractivity contribution is 5.68. The molecule has 3 rings (SSSR count). The average Bonchev–Trinajstić information content (AvgIpc) is 3.08. The Morgan fingerprint density at radius 3 is 2.52 bits per heavy atom. The van der Waals surface area contributed by atoms with E-state index in [1.165, 1.54) is 12.4 Å². The highest BCUT2D eigenvalue weighted by Gasteiger charge is 2.35. The summed E-state index contributed by atoms with van der Waals surface area (Å²) in [5, 5.41) is 2.75. The number of halogens is 3. The summed E-state index contributed by atoms with van der Waals surface area (Å²) in [5.41, 5.74) is -1.20. The Morgan fingerprint density at radius 2 is 1.90 bits per heavy atom. The van der Waals surface area contributed by atoms with E-state index in [-0.39, 0.29) is 17.7 Å². The van der Waals surface area contributed by atoms with Crippen LogP contribution < -0.4 is 10.2 Å². The molecule has 2 aromatic heterocycles. The van der Waals surface area contributed by atoms with Crippen LogP contribution in [0.5, 0.6) is 0 Å². The SMILES string of the molecule is CC(C)(C)OC(=O)N[C@H]1CCN(c2cc(C(F)(F)F)nc(-c3ccncc3)n2)C1. The number of pyridine rings is 1. The molecule has 0 saturated carbocycles. The molecule has 1 N–H and O–H groups in total. The summed E-state index contributed by atoms with van der Waals surface area (Å²) in [6.45, 7) is 6.04. The van der Waals surface area contributed by atoms with Crippen molar-refractivity contribution in [2.24, 2.45) is 0 Å². The Morgan fingerprint density at radius 1 is 1.21 bits per heavy atom. The van der Waals surface area contributed by atoms with Gasteiger partial charge in [-0.3, -0.25) is 4.98 Å². The van der Waals surface area contributed by atoms with E-state index < -0.39 is 23.6 Å². The van der Waals surface area contributed by atoms with Gasteiger partial charge in [0.1, 0.15) is 11.4 Å². The van der Waals surface area contributed by atoms with Crippen molar-refractivity contribution >= 4 is 11.9 Å². The van der Waals surface area contributed by atoms with E-state index in [1.807, 2.05) is 0 Å².